The lowest BCUT2D eigenvalue weighted by Crippen LogP contribution is -2.34. The van der Waals surface area contributed by atoms with E-state index >= 15 is 0 Å². The summed E-state index contributed by atoms with van der Waals surface area (Å²) in [6.07, 6.45) is 2.53. The Kier molecular flexibility index (Phi) is 5.83. The third-order valence-corrected chi connectivity index (χ3v) is 4.07. The molecule has 2 unspecified atom stereocenters. The maximum Gasteiger partial charge on any atom is 0.228 e. The predicted molar refractivity (Wildman–Crippen MR) is 88.8 cm³/mol. The fourth-order valence-electron chi connectivity index (χ4n) is 2.67. The largest absolute Gasteiger partial charge is 0.342 e. The van der Waals surface area contributed by atoms with Crippen LogP contribution in [0.4, 0.5) is 5.69 Å². The molecule has 120 valence electrons. The van der Waals surface area contributed by atoms with Gasteiger partial charge in [-0.3, -0.25) is 9.59 Å². The molecule has 1 aromatic rings. The maximum absolute atomic E-state index is 12.4. The van der Waals surface area contributed by atoms with Crippen LogP contribution < -0.4 is 5.32 Å². The molecule has 2 rings (SSSR count). The summed E-state index contributed by atoms with van der Waals surface area (Å²) in [5, 5.41) is 3.42. The zero-order valence-corrected chi connectivity index (χ0v) is 13.9. The highest BCUT2D eigenvalue weighted by Gasteiger charge is 2.49. The highest BCUT2D eigenvalue weighted by atomic mass is 35.5. The van der Waals surface area contributed by atoms with Crippen LogP contribution in [0, 0.1) is 11.8 Å². The monoisotopic (exact) mass is 322 g/mol. The second-order valence-corrected chi connectivity index (χ2v) is 6.21. The van der Waals surface area contributed by atoms with Gasteiger partial charge in [0.05, 0.1) is 11.8 Å². The van der Waals surface area contributed by atoms with Gasteiger partial charge in [0, 0.05) is 23.8 Å². The van der Waals surface area contributed by atoms with Gasteiger partial charge in [-0.2, -0.15) is 0 Å². The van der Waals surface area contributed by atoms with Gasteiger partial charge in [-0.05, 0) is 37.5 Å². The van der Waals surface area contributed by atoms with E-state index in [1.165, 1.54) is 0 Å². The average molecular weight is 323 g/mol. The minimum Gasteiger partial charge on any atom is -0.342 e. The van der Waals surface area contributed by atoms with E-state index in [1.807, 2.05) is 4.90 Å². The highest BCUT2D eigenvalue weighted by Crippen LogP contribution is 2.41. The number of carbonyl (C=O) groups is 2. The molecular formula is C17H23ClN2O2. The van der Waals surface area contributed by atoms with Gasteiger partial charge >= 0.3 is 0 Å². The third kappa shape index (κ3) is 4.23. The van der Waals surface area contributed by atoms with Gasteiger partial charge in [0.25, 0.3) is 0 Å². The predicted octanol–water partition coefficient (Wildman–Crippen LogP) is 3.56. The van der Waals surface area contributed by atoms with Crippen LogP contribution in [0.25, 0.3) is 0 Å². The van der Waals surface area contributed by atoms with E-state index in [0.717, 1.165) is 25.9 Å². The fourth-order valence-corrected chi connectivity index (χ4v) is 2.86. The van der Waals surface area contributed by atoms with Crippen LogP contribution in [0.1, 0.15) is 33.1 Å². The number of benzene rings is 1. The van der Waals surface area contributed by atoms with Crippen molar-refractivity contribution in [3.05, 3.63) is 29.3 Å². The summed E-state index contributed by atoms with van der Waals surface area (Å²) in [6, 6.07) is 7.05. The summed E-state index contributed by atoms with van der Waals surface area (Å²) in [5.41, 5.74) is 0.676. The van der Waals surface area contributed by atoms with Crippen molar-refractivity contribution >= 4 is 29.1 Å². The number of nitrogens with one attached hydrogen (secondary N) is 1. The number of amides is 2. The van der Waals surface area contributed by atoms with Crippen molar-refractivity contribution < 1.29 is 9.59 Å². The van der Waals surface area contributed by atoms with Crippen LogP contribution in [0.2, 0.25) is 5.02 Å². The van der Waals surface area contributed by atoms with Gasteiger partial charge in [-0.1, -0.05) is 31.5 Å². The van der Waals surface area contributed by atoms with Crippen molar-refractivity contribution in [3.8, 4) is 0 Å². The summed E-state index contributed by atoms with van der Waals surface area (Å²) in [4.78, 5) is 26.5. The molecule has 5 heteroatoms. The minimum atomic E-state index is -0.206. The van der Waals surface area contributed by atoms with Crippen molar-refractivity contribution in [1.29, 1.82) is 0 Å². The molecule has 1 fully saturated rings. The number of hydrogen-bond donors (Lipinski definition) is 1. The lowest BCUT2D eigenvalue weighted by Gasteiger charge is -2.21. The Hall–Kier alpha value is -1.55. The average Bonchev–Trinajstić information content (AvgIpc) is 3.27. The van der Waals surface area contributed by atoms with Crippen LogP contribution in [0.15, 0.2) is 24.3 Å². The molecule has 2 atom stereocenters. The Bertz CT molecular complexity index is 541. The molecule has 0 bridgehead atoms. The van der Waals surface area contributed by atoms with Gasteiger partial charge in [0.2, 0.25) is 11.8 Å². The molecule has 1 saturated carbocycles. The van der Waals surface area contributed by atoms with E-state index in [9.17, 15) is 9.59 Å². The minimum absolute atomic E-state index is 0.0893. The molecule has 0 heterocycles. The van der Waals surface area contributed by atoms with Crippen molar-refractivity contribution in [2.75, 3.05) is 18.4 Å². The Balaban J connectivity index is 1.90. The van der Waals surface area contributed by atoms with Crippen LogP contribution in [-0.2, 0) is 9.59 Å². The second kappa shape index (κ2) is 7.63. The summed E-state index contributed by atoms with van der Waals surface area (Å²) in [7, 11) is 0. The molecule has 4 nitrogen and oxygen atoms in total. The number of halogens is 1. The van der Waals surface area contributed by atoms with Crippen LogP contribution >= 0.6 is 11.6 Å². The maximum atomic E-state index is 12.4. The van der Waals surface area contributed by atoms with E-state index < -0.39 is 0 Å². The lowest BCUT2D eigenvalue weighted by molar-refractivity contribution is -0.134. The fraction of sp³-hybridized carbons (Fsp3) is 0.529. The molecule has 0 spiro atoms. The van der Waals surface area contributed by atoms with Crippen LogP contribution in [0.3, 0.4) is 0 Å². The molecule has 22 heavy (non-hydrogen) atoms. The Labute approximate surface area is 136 Å². The molecule has 0 aliphatic heterocycles. The Morgan fingerprint density at radius 1 is 1.23 bits per heavy atom. The standard InChI is InChI=1S/C17H23ClN2O2/c1-3-8-20(9-4-2)17(22)15-11-14(15)16(21)19-13-7-5-6-12(18)10-13/h5-7,10,14-15H,3-4,8-9,11H2,1-2H3,(H,19,21). The number of hydrogen-bond acceptors (Lipinski definition) is 2. The van der Waals surface area contributed by atoms with Gasteiger partial charge < -0.3 is 10.2 Å². The summed E-state index contributed by atoms with van der Waals surface area (Å²) in [5.74, 6) is -0.330. The molecule has 1 N–H and O–H groups in total. The van der Waals surface area contributed by atoms with Crippen molar-refractivity contribution in [2.24, 2.45) is 11.8 Å². The summed E-state index contributed by atoms with van der Waals surface area (Å²) in [6.45, 7) is 5.66. The number of anilines is 1. The van der Waals surface area contributed by atoms with E-state index in [1.54, 1.807) is 24.3 Å². The molecule has 0 radical (unpaired) electrons. The van der Waals surface area contributed by atoms with Gasteiger partial charge in [-0.15, -0.1) is 0 Å². The molecule has 0 aromatic heterocycles. The number of nitrogens with zero attached hydrogens (tertiary/aromatic N) is 1. The first kappa shape index (κ1) is 16.8. The first-order valence-electron chi connectivity index (χ1n) is 7.92. The van der Waals surface area contributed by atoms with Gasteiger partial charge in [0.1, 0.15) is 0 Å². The molecule has 1 aliphatic carbocycles. The topological polar surface area (TPSA) is 49.4 Å². The third-order valence-electron chi connectivity index (χ3n) is 3.84. The Morgan fingerprint density at radius 3 is 2.50 bits per heavy atom. The van der Waals surface area contributed by atoms with Crippen LogP contribution in [-0.4, -0.2) is 29.8 Å². The quantitative estimate of drug-likeness (QED) is 0.834. The summed E-state index contributed by atoms with van der Waals surface area (Å²) >= 11 is 5.90. The SMILES string of the molecule is CCCN(CCC)C(=O)C1CC1C(=O)Nc1cccc(Cl)c1. The smallest absolute Gasteiger partial charge is 0.228 e. The van der Waals surface area contributed by atoms with E-state index in [4.69, 9.17) is 11.6 Å². The number of rotatable bonds is 7. The molecular weight excluding hydrogens is 300 g/mol. The van der Waals surface area contributed by atoms with Crippen molar-refractivity contribution in [1.82, 2.24) is 4.90 Å². The van der Waals surface area contributed by atoms with E-state index in [2.05, 4.69) is 19.2 Å². The molecule has 0 saturated heterocycles. The van der Waals surface area contributed by atoms with E-state index in [-0.39, 0.29) is 23.7 Å². The highest BCUT2D eigenvalue weighted by molar-refractivity contribution is 6.30. The number of carbonyl (C=O) groups excluding carboxylic acids is 2. The summed E-state index contributed by atoms with van der Waals surface area (Å²) < 4.78 is 0. The van der Waals surface area contributed by atoms with Gasteiger partial charge in [-0.25, -0.2) is 0 Å². The molecule has 1 aliphatic rings. The van der Waals surface area contributed by atoms with Crippen LogP contribution in [0.5, 0.6) is 0 Å². The first-order valence-corrected chi connectivity index (χ1v) is 8.29. The molecule has 1 aromatic carbocycles. The second-order valence-electron chi connectivity index (χ2n) is 5.77. The lowest BCUT2D eigenvalue weighted by atomic mass is 10.2. The zero-order chi connectivity index (χ0) is 16.1. The van der Waals surface area contributed by atoms with Crippen molar-refractivity contribution in [2.45, 2.75) is 33.1 Å². The Morgan fingerprint density at radius 2 is 1.91 bits per heavy atom. The zero-order valence-electron chi connectivity index (χ0n) is 13.1. The normalized spacial score (nSPS) is 19.6. The molecule has 2 amide bonds. The first-order chi connectivity index (χ1) is 10.6. The van der Waals surface area contributed by atoms with Crippen molar-refractivity contribution in [3.63, 3.8) is 0 Å². The van der Waals surface area contributed by atoms with E-state index in [0.29, 0.717) is 17.1 Å². The van der Waals surface area contributed by atoms with Gasteiger partial charge in [0.15, 0.2) is 0 Å².